The van der Waals surface area contributed by atoms with Gasteiger partial charge in [0, 0.05) is 19.0 Å². The van der Waals surface area contributed by atoms with Gasteiger partial charge in [-0.25, -0.2) is 9.59 Å². The minimum Gasteiger partial charge on any atom is -0.480 e. The molecule has 1 saturated heterocycles. The normalized spacial score (nSPS) is 20.5. The molecule has 0 unspecified atom stereocenters. The Hall–Kier alpha value is -3.35. The third-order valence-electron chi connectivity index (χ3n) is 7.27. The Bertz CT molecular complexity index is 1050. The van der Waals surface area contributed by atoms with E-state index in [4.69, 9.17) is 4.74 Å². The summed E-state index contributed by atoms with van der Waals surface area (Å²) in [6.45, 7) is 0.849. The minimum atomic E-state index is -0.955. The molecule has 1 saturated carbocycles. The molecule has 0 spiro atoms. The van der Waals surface area contributed by atoms with E-state index in [1.165, 1.54) is 16.0 Å². The SMILES string of the molecule is O=C(NCC1(C(=O)N2CCCC[C@@H]2C(=O)O)CC1)OCC1c2ccccc2-c2ccccc21. The van der Waals surface area contributed by atoms with Crippen molar-refractivity contribution in [1.29, 1.82) is 0 Å². The molecule has 7 heteroatoms. The molecule has 0 aromatic heterocycles. The summed E-state index contributed by atoms with van der Waals surface area (Å²) < 4.78 is 5.58. The van der Waals surface area contributed by atoms with E-state index < -0.39 is 23.5 Å². The highest BCUT2D eigenvalue weighted by Gasteiger charge is 2.53. The number of hydrogen-bond acceptors (Lipinski definition) is 4. The number of amides is 2. The summed E-state index contributed by atoms with van der Waals surface area (Å²) in [7, 11) is 0. The third kappa shape index (κ3) is 3.96. The first kappa shape index (κ1) is 21.5. The standard InChI is InChI=1S/C26H28N2O5/c29-23(30)22-11-5-6-14-28(22)24(31)26(12-13-26)16-27-25(32)33-15-21-19-9-3-1-7-17(19)18-8-2-4-10-20(18)21/h1-4,7-10,21-22H,5-6,11-16H2,(H,27,32)(H,29,30)/t22-/m1/s1. The smallest absolute Gasteiger partial charge is 0.407 e. The predicted octanol–water partition coefficient (Wildman–Crippen LogP) is 3.77. The van der Waals surface area contributed by atoms with Crippen molar-refractivity contribution in [3.05, 3.63) is 59.7 Å². The number of carbonyl (C=O) groups excluding carboxylic acids is 2. The van der Waals surface area contributed by atoms with Crippen LogP contribution in [0, 0.1) is 5.41 Å². The van der Waals surface area contributed by atoms with Gasteiger partial charge in [0.05, 0.1) is 5.41 Å². The number of hydrogen-bond donors (Lipinski definition) is 2. The molecular weight excluding hydrogens is 420 g/mol. The Balaban J connectivity index is 1.20. The second-order valence-corrected chi connectivity index (χ2v) is 9.31. The van der Waals surface area contributed by atoms with Crippen LogP contribution in [0.1, 0.15) is 49.1 Å². The van der Waals surface area contributed by atoms with Gasteiger partial charge in [0.1, 0.15) is 12.6 Å². The lowest BCUT2D eigenvalue weighted by atomic mass is 9.97. The monoisotopic (exact) mass is 448 g/mol. The molecule has 0 radical (unpaired) electrons. The number of ether oxygens (including phenoxy) is 1. The summed E-state index contributed by atoms with van der Waals surface area (Å²) in [5, 5.41) is 12.3. The number of alkyl carbamates (subject to hydrolysis) is 1. The fourth-order valence-electron chi connectivity index (χ4n) is 5.24. The average Bonchev–Trinajstić information content (AvgIpc) is 3.57. The lowest BCUT2D eigenvalue weighted by molar-refractivity contribution is -0.154. The van der Waals surface area contributed by atoms with E-state index in [9.17, 15) is 19.5 Å². The van der Waals surface area contributed by atoms with Gasteiger partial charge in [-0.3, -0.25) is 4.79 Å². The van der Waals surface area contributed by atoms with Crippen LogP contribution in [0.4, 0.5) is 4.79 Å². The molecule has 5 rings (SSSR count). The summed E-state index contributed by atoms with van der Waals surface area (Å²) in [4.78, 5) is 38.7. The molecule has 2 fully saturated rings. The van der Waals surface area contributed by atoms with Crippen molar-refractivity contribution in [3.63, 3.8) is 0 Å². The zero-order chi connectivity index (χ0) is 23.0. The van der Waals surface area contributed by atoms with Gasteiger partial charge in [-0.2, -0.15) is 0 Å². The third-order valence-corrected chi connectivity index (χ3v) is 7.27. The Kier molecular flexibility index (Phi) is 5.56. The molecule has 2 N–H and O–H groups in total. The number of carbonyl (C=O) groups is 3. The lowest BCUT2D eigenvalue weighted by Crippen LogP contribution is -2.52. The number of rotatable bonds is 6. The lowest BCUT2D eigenvalue weighted by Gasteiger charge is -2.35. The van der Waals surface area contributed by atoms with Crippen LogP contribution < -0.4 is 5.32 Å². The van der Waals surface area contributed by atoms with Crippen LogP contribution in [-0.2, 0) is 14.3 Å². The molecule has 7 nitrogen and oxygen atoms in total. The van der Waals surface area contributed by atoms with Crippen molar-refractivity contribution in [2.45, 2.75) is 44.1 Å². The zero-order valence-electron chi connectivity index (χ0n) is 18.5. The molecule has 33 heavy (non-hydrogen) atoms. The van der Waals surface area contributed by atoms with E-state index in [1.54, 1.807) is 0 Å². The summed E-state index contributed by atoms with van der Waals surface area (Å²) >= 11 is 0. The van der Waals surface area contributed by atoms with Gasteiger partial charge < -0.3 is 20.1 Å². The summed E-state index contributed by atoms with van der Waals surface area (Å²) in [6, 6.07) is 15.5. The molecule has 3 aliphatic rings. The Morgan fingerprint density at radius 2 is 1.64 bits per heavy atom. The summed E-state index contributed by atoms with van der Waals surface area (Å²) in [5.41, 5.74) is 3.92. The number of likely N-dealkylation sites (tertiary alicyclic amines) is 1. The molecule has 172 valence electrons. The molecule has 0 bridgehead atoms. The number of piperidine rings is 1. The first-order chi connectivity index (χ1) is 16.0. The quantitative estimate of drug-likeness (QED) is 0.701. The van der Waals surface area contributed by atoms with Crippen LogP contribution in [-0.4, -0.2) is 53.7 Å². The molecule has 1 atom stereocenters. The zero-order valence-corrected chi connectivity index (χ0v) is 18.5. The van der Waals surface area contributed by atoms with Crippen molar-refractivity contribution in [2.24, 2.45) is 5.41 Å². The number of carboxylic acids is 1. The van der Waals surface area contributed by atoms with Crippen molar-refractivity contribution in [2.75, 3.05) is 19.7 Å². The number of nitrogens with one attached hydrogen (secondary N) is 1. The highest BCUT2D eigenvalue weighted by Crippen LogP contribution is 2.48. The van der Waals surface area contributed by atoms with Gasteiger partial charge in [-0.15, -0.1) is 0 Å². The Morgan fingerprint density at radius 1 is 1.00 bits per heavy atom. The molecular formula is C26H28N2O5. The molecule has 2 amide bonds. The van der Waals surface area contributed by atoms with E-state index in [1.807, 2.05) is 24.3 Å². The number of nitrogens with zero attached hydrogens (tertiary/aromatic N) is 1. The molecule has 2 aliphatic carbocycles. The van der Waals surface area contributed by atoms with Crippen LogP contribution in [0.25, 0.3) is 11.1 Å². The Labute approximate surface area is 192 Å². The summed E-state index contributed by atoms with van der Waals surface area (Å²) in [5.74, 6) is -1.14. The van der Waals surface area contributed by atoms with Gasteiger partial charge in [-0.1, -0.05) is 48.5 Å². The fourth-order valence-corrected chi connectivity index (χ4v) is 5.24. The van der Waals surface area contributed by atoms with Crippen molar-refractivity contribution in [3.8, 4) is 11.1 Å². The highest BCUT2D eigenvalue weighted by atomic mass is 16.5. The van der Waals surface area contributed by atoms with Gasteiger partial charge >= 0.3 is 12.1 Å². The van der Waals surface area contributed by atoms with Crippen molar-refractivity contribution >= 4 is 18.0 Å². The molecule has 1 aliphatic heterocycles. The largest absolute Gasteiger partial charge is 0.480 e. The van der Waals surface area contributed by atoms with E-state index in [-0.39, 0.29) is 25.0 Å². The van der Waals surface area contributed by atoms with Crippen LogP contribution in [0.5, 0.6) is 0 Å². The number of fused-ring (bicyclic) bond motifs is 3. The van der Waals surface area contributed by atoms with Gasteiger partial charge in [0.25, 0.3) is 0 Å². The topological polar surface area (TPSA) is 95.9 Å². The van der Waals surface area contributed by atoms with Crippen molar-refractivity contribution in [1.82, 2.24) is 10.2 Å². The van der Waals surface area contributed by atoms with Crippen LogP contribution in [0.15, 0.2) is 48.5 Å². The number of benzene rings is 2. The Morgan fingerprint density at radius 3 is 2.24 bits per heavy atom. The second kappa shape index (κ2) is 8.54. The van der Waals surface area contributed by atoms with E-state index in [0.717, 1.165) is 24.0 Å². The molecule has 1 heterocycles. The maximum absolute atomic E-state index is 13.1. The molecule has 2 aromatic rings. The van der Waals surface area contributed by atoms with Gasteiger partial charge in [-0.05, 0) is 54.4 Å². The average molecular weight is 449 g/mol. The maximum atomic E-state index is 13.1. The van der Waals surface area contributed by atoms with Crippen LogP contribution in [0.3, 0.4) is 0 Å². The first-order valence-electron chi connectivity index (χ1n) is 11.6. The van der Waals surface area contributed by atoms with Gasteiger partial charge in [0.15, 0.2) is 0 Å². The van der Waals surface area contributed by atoms with Crippen LogP contribution in [0.2, 0.25) is 0 Å². The van der Waals surface area contributed by atoms with Gasteiger partial charge in [0.2, 0.25) is 5.91 Å². The van der Waals surface area contributed by atoms with E-state index in [0.29, 0.717) is 25.8 Å². The van der Waals surface area contributed by atoms with Crippen molar-refractivity contribution < 1.29 is 24.2 Å². The van der Waals surface area contributed by atoms with E-state index >= 15 is 0 Å². The first-order valence-corrected chi connectivity index (χ1v) is 11.6. The minimum absolute atomic E-state index is 0.0238. The van der Waals surface area contributed by atoms with Crippen LogP contribution >= 0.6 is 0 Å². The number of aliphatic carboxylic acids is 1. The predicted molar refractivity (Wildman–Crippen MR) is 122 cm³/mol. The number of carboxylic acid groups (broad SMARTS) is 1. The summed E-state index contributed by atoms with van der Waals surface area (Å²) in [6.07, 6.45) is 2.86. The molecule has 2 aromatic carbocycles. The second-order valence-electron chi connectivity index (χ2n) is 9.31. The maximum Gasteiger partial charge on any atom is 0.407 e. The highest BCUT2D eigenvalue weighted by molar-refractivity contribution is 5.90. The fraction of sp³-hybridized carbons (Fsp3) is 0.423. The van der Waals surface area contributed by atoms with E-state index in [2.05, 4.69) is 29.6 Å².